The average molecular weight is 384 g/mol. The number of hydrogen-bond acceptors (Lipinski definition) is 7. The summed E-state index contributed by atoms with van der Waals surface area (Å²) in [6.07, 6.45) is 2.52. The van der Waals surface area contributed by atoms with E-state index in [0.717, 1.165) is 12.9 Å². The van der Waals surface area contributed by atoms with Gasteiger partial charge in [0.05, 0.1) is 52.9 Å². The van der Waals surface area contributed by atoms with Crippen LogP contribution in [0.25, 0.3) is 0 Å². The molecule has 0 fully saturated rings. The molecule has 26 heavy (non-hydrogen) atoms. The van der Waals surface area contributed by atoms with Crippen molar-refractivity contribution in [2.75, 3.05) is 73.1 Å². The van der Waals surface area contributed by atoms with Crippen LogP contribution >= 0.6 is 0 Å². The molecule has 0 saturated carbocycles. The molecule has 0 aliphatic carbocycles. The summed E-state index contributed by atoms with van der Waals surface area (Å²) < 4.78 is 25.3. The van der Waals surface area contributed by atoms with Crippen LogP contribution in [0, 0.1) is 0 Å². The van der Waals surface area contributed by atoms with Gasteiger partial charge in [0, 0.05) is 26.7 Å². The molecule has 7 heteroatoms. The van der Waals surface area contributed by atoms with Gasteiger partial charge in [0.2, 0.25) is 0 Å². The summed E-state index contributed by atoms with van der Waals surface area (Å²) in [6.45, 7) is 15.8. The molecular weight excluding hydrogens is 338 g/mol. The second-order valence-corrected chi connectivity index (χ2v) is 4.48. The minimum absolute atomic E-state index is 0.436. The summed E-state index contributed by atoms with van der Waals surface area (Å²) in [5.41, 5.74) is 5.25. The molecule has 0 aromatic heterocycles. The Hall–Kier alpha value is -0.570. The van der Waals surface area contributed by atoms with Crippen LogP contribution in [0.3, 0.4) is 0 Å². The summed E-state index contributed by atoms with van der Waals surface area (Å²) >= 11 is 0. The van der Waals surface area contributed by atoms with Crippen LogP contribution in [0.5, 0.6) is 0 Å². The molecule has 0 unspecified atom stereocenters. The molecule has 0 rings (SSSR count). The maximum absolute atomic E-state index is 9.96. The number of carbonyl (C=O) groups excluding carboxylic acids is 1. The van der Waals surface area contributed by atoms with Crippen molar-refractivity contribution >= 4 is 6.29 Å². The summed E-state index contributed by atoms with van der Waals surface area (Å²) in [6, 6.07) is 0. The zero-order valence-electron chi connectivity index (χ0n) is 18.1. The van der Waals surface area contributed by atoms with Gasteiger partial charge in [-0.15, -0.1) is 0 Å². The molecule has 0 aliphatic heterocycles. The molecule has 0 aromatic carbocycles. The third kappa shape index (κ3) is 56.6. The highest BCUT2D eigenvalue weighted by molar-refractivity contribution is 5.49. The highest BCUT2D eigenvalue weighted by Crippen LogP contribution is 1.83. The first-order valence-corrected chi connectivity index (χ1v) is 9.68. The number of nitrogens with two attached hydrogens (primary N) is 1. The lowest BCUT2D eigenvalue weighted by molar-refractivity contribution is -0.108. The molecule has 0 aliphatic rings. The van der Waals surface area contributed by atoms with Crippen LogP contribution in [0.2, 0.25) is 0 Å². The van der Waals surface area contributed by atoms with Crippen LogP contribution in [-0.4, -0.2) is 79.4 Å². The van der Waals surface area contributed by atoms with E-state index < -0.39 is 0 Å². The third-order valence-corrected chi connectivity index (χ3v) is 2.05. The molecule has 0 spiro atoms. The number of ether oxygens (including phenoxy) is 5. The Morgan fingerprint density at radius 2 is 1.04 bits per heavy atom. The van der Waals surface area contributed by atoms with Gasteiger partial charge in [-0.1, -0.05) is 34.1 Å². The van der Waals surface area contributed by atoms with Crippen molar-refractivity contribution in [3.8, 4) is 0 Å². The lowest BCUT2D eigenvalue weighted by Gasteiger charge is -2.06. The van der Waals surface area contributed by atoms with Gasteiger partial charge in [-0.05, 0) is 6.92 Å². The van der Waals surface area contributed by atoms with E-state index in [9.17, 15) is 4.79 Å². The molecule has 0 aromatic rings. The van der Waals surface area contributed by atoms with Crippen molar-refractivity contribution in [1.29, 1.82) is 0 Å². The van der Waals surface area contributed by atoms with E-state index in [4.69, 9.17) is 24.7 Å². The molecule has 0 saturated heterocycles. The first-order chi connectivity index (χ1) is 12.7. The van der Waals surface area contributed by atoms with Gasteiger partial charge in [0.1, 0.15) is 6.29 Å². The second-order valence-electron chi connectivity index (χ2n) is 4.48. The Bertz CT molecular complexity index is 195. The van der Waals surface area contributed by atoms with Crippen molar-refractivity contribution < 1.29 is 28.5 Å². The molecular formula is C19H45NO6. The standard InChI is InChI=1S/C11H23NO5.C3H8O.C3H8.C2H6/c12-2-5-15-7-9-17-11-10-16-8-6-14-4-1-3-13;1-3-4-2;1-3-2;1-2/h3H,1-2,4-12H2;3H2,1-2H3;3H2,1-2H3;1-2H3. The first-order valence-electron chi connectivity index (χ1n) is 9.68. The lowest BCUT2D eigenvalue weighted by atomic mass is 10.5. The van der Waals surface area contributed by atoms with Crippen LogP contribution in [-0.2, 0) is 28.5 Å². The van der Waals surface area contributed by atoms with E-state index in [1.165, 1.54) is 6.42 Å². The van der Waals surface area contributed by atoms with E-state index >= 15 is 0 Å². The number of rotatable bonds is 15. The largest absolute Gasteiger partial charge is 0.385 e. The zero-order chi connectivity index (χ0) is 20.7. The minimum atomic E-state index is 0.436. The van der Waals surface area contributed by atoms with E-state index in [1.54, 1.807) is 7.11 Å². The summed E-state index contributed by atoms with van der Waals surface area (Å²) in [5, 5.41) is 0. The third-order valence-electron chi connectivity index (χ3n) is 2.05. The Kier molecular flexibility index (Phi) is 56.1. The van der Waals surface area contributed by atoms with Crippen molar-refractivity contribution in [3.63, 3.8) is 0 Å². The van der Waals surface area contributed by atoms with Gasteiger partial charge < -0.3 is 34.2 Å². The maximum Gasteiger partial charge on any atom is 0.122 e. The van der Waals surface area contributed by atoms with E-state index in [0.29, 0.717) is 65.8 Å². The summed E-state index contributed by atoms with van der Waals surface area (Å²) in [5.74, 6) is 0. The van der Waals surface area contributed by atoms with Crippen molar-refractivity contribution in [1.82, 2.24) is 0 Å². The molecule has 2 N–H and O–H groups in total. The second kappa shape index (κ2) is 44.1. The molecule has 0 bridgehead atoms. The summed E-state index contributed by atoms with van der Waals surface area (Å²) in [4.78, 5) is 9.96. The van der Waals surface area contributed by atoms with Crippen molar-refractivity contribution in [2.45, 2.75) is 47.5 Å². The molecule has 0 radical (unpaired) electrons. The first kappa shape index (κ1) is 33.0. The van der Waals surface area contributed by atoms with Gasteiger partial charge in [-0.2, -0.15) is 0 Å². The van der Waals surface area contributed by atoms with E-state index in [1.807, 2.05) is 20.8 Å². The SMILES string of the molecule is CC.CCC.CCOC.NCCOCCOCCOCCOCCC=O. The molecule has 0 amide bonds. The van der Waals surface area contributed by atoms with Crippen LogP contribution in [0.15, 0.2) is 0 Å². The fourth-order valence-electron chi connectivity index (χ4n) is 0.977. The molecule has 7 nitrogen and oxygen atoms in total. The highest BCUT2D eigenvalue weighted by atomic mass is 16.6. The zero-order valence-corrected chi connectivity index (χ0v) is 18.1. The summed E-state index contributed by atoms with van der Waals surface area (Å²) in [7, 11) is 1.68. The van der Waals surface area contributed by atoms with Gasteiger partial charge in [0.25, 0.3) is 0 Å². The Balaban J connectivity index is -0.000000225. The van der Waals surface area contributed by atoms with Gasteiger partial charge >= 0.3 is 0 Å². The van der Waals surface area contributed by atoms with Crippen LogP contribution in [0.1, 0.15) is 47.5 Å². The van der Waals surface area contributed by atoms with Crippen molar-refractivity contribution in [3.05, 3.63) is 0 Å². The average Bonchev–Trinajstić information content (AvgIpc) is 2.68. The Morgan fingerprint density at radius 1 is 0.731 bits per heavy atom. The van der Waals surface area contributed by atoms with E-state index in [-0.39, 0.29) is 0 Å². The number of methoxy groups -OCH3 is 1. The topological polar surface area (TPSA) is 89.2 Å². The molecule has 162 valence electrons. The lowest BCUT2D eigenvalue weighted by Crippen LogP contribution is -2.14. The fourth-order valence-corrected chi connectivity index (χ4v) is 0.977. The Labute approximate surface area is 161 Å². The van der Waals surface area contributed by atoms with Crippen molar-refractivity contribution in [2.24, 2.45) is 5.73 Å². The number of aldehydes is 1. The minimum Gasteiger partial charge on any atom is -0.385 e. The highest BCUT2D eigenvalue weighted by Gasteiger charge is 1.92. The molecule has 0 atom stereocenters. The quantitative estimate of drug-likeness (QED) is 0.343. The normalized spacial score (nSPS) is 9.04. The van der Waals surface area contributed by atoms with Crippen LogP contribution in [0.4, 0.5) is 0 Å². The predicted molar refractivity (Wildman–Crippen MR) is 108 cm³/mol. The molecule has 0 heterocycles. The predicted octanol–water partition coefficient (Wildman–Crippen LogP) is 2.70. The van der Waals surface area contributed by atoms with Gasteiger partial charge in [-0.3, -0.25) is 0 Å². The Morgan fingerprint density at radius 3 is 1.31 bits per heavy atom. The van der Waals surface area contributed by atoms with Gasteiger partial charge in [0.15, 0.2) is 0 Å². The maximum atomic E-state index is 9.96. The fraction of sp³-hybridized carbons (Fsp3) is 0.947. The van der Waals surface area contributed by atoms with Crippen LogP contribution < -0.4 is 5.73 Å². The van der Waals surface area contributed by atoms with E-state index in [2.05, 4.69) is 18.6 Å². The number of carbonyl (C=O) groups is 1. The number of hydrogen-bond donors (Lipinski definition) is 1. The smallest absolute Gasteiger partial charge is 0.122 e. The monoisotopic (exact) mass is 383 g/mol. The van der Waals surface area contributed by atoms with Gasteiger partial charge in [-0.25, -0.2) is 0 Å².